The van der Waals surface area contributed by atoms with Crippen molar-refractivity contribution >= 4 is 28.5 Å². The van der Waals surface area contributed by atoms with E-state index < -0.39 is 0 Å². The number of rotatable bonds is 5. The summed E-state index contributed by atoms with van der Waals surface area (Å²) < 4.78 is 0. The third-order valence-corrected chi connectivity index (χ3v) is 8.06. The molecule has 0 amide bonds. The van der Waals surface area contributed by atoms with Crippen LogP contribution < -0.4 is 0 Å². The second kappa shape index (κ2) is 13.0. The largest absolute Gasteiger partial charge is 0.294 e. The van der Waals surface area contributed by atoms with Crippen LogP contribution in [0.2, 0.25) is 0 Å². The molecular weight excluding hydrogens is 476 g/mol. The number of nitrogens with zero attached hydrogens (tertiary/aromatic N) is 2. The summed E-state index contributed by atoms with van der Waals surface area (Å²) in [6.07, 6.45) is 17.7. The summed E-state index contributed by atoms with van der Waals surface area (Å²) >= 11 is 0. The number of carbonyl (C=O) groups excluding carboxylic acids is 1. The van der Waals surface area contributed by atoms with Crippen molar-refractivity contribution in [2.75, 3.05) is 0 Å². The fourth-order valence-corrected chi connectivity index (χ4v) is 5.57. The number of hydrogen-bond donors (Lipinski definition) is 0. The Hall–Kier alpha value is -3.55. The fraction of sp³-hybridized carbons (Fsp3) is 0.389. The van der Waals surface area contributed by atoms with Gasteiger partial charge >= 0.3 is 0 Å². The molecule has 0 bridgehead atoms. The summed E-state index contributed by atoms with van der Waals surface area (Å²) in [5, 5.41) is 0. The lowest BCUT2D eigenvalue weighted by Crippen LogP contribution is -2.14. The zero-order chi connectivity index (χ0) is 27.9. The van der Waals surface area contributed by atoms with Gasteiger partial charge in [-0.25, -0.2) is 4.99 Å². The Morgan fingerprint density at radius 1 is 1.10 bits per heavy atom. The van der Waals surface area contributed by atoms with Crippen molar-refractivity contribution < 1.29 is 4.79 Å². The summed E-state index contributed by atoms with van der Waals surface area (Å²) in [5.74, 6) is 0.517. The third kappa shape index (κ3) is 7.11. The predicted molar refractivity (Wildman–Crippen MR) is 167 cm³/mol. The van der Waals surface area contributed by atoms with Gasteiger partial charge in [-0.1, -0.05) is 48.9 Å². The quantitative estimate of drug-likeness (QED) is 0.166. The Labute approximate surface area is 234 Å². The number of aliphatic imine (C=N–C) groups is 2. The number of carbonyl (C=O) groups is 1. The van der Waals surface area contributed by atoms with E-state index in [1.54, 1.807) is 11.6 Å². The lowest BCUT2D eigenvalue weighted by Gasteiger charge is -2.15. The van der Waals surface area contributed by atoms with Crippen LogP contribution in [-0.4, -0.2) is 17.2 Å². The molecule has 3 heteroatoms. The maximum absolute atomic E-state index is 13.1. The summed E-state index contributed by atoms with van der Waals surface area (Å²) in [4.78, 5) is 23.2. The van der Waals surface area contributed by atoms with Gasteiger partial charge in [-0.3, -0.25) is 9.79 Å². The van der Waals surface area contributed by atoms with Gasteiger partial charge in [0.2, 0.25) is 0 Å². The topological polar surface area (TPSA) is 41.8 Å². The van der Waals surface area contributed by atoms with Gasteiger partial charge in [0.25, 0.3) is 0 Å². The summed E-state index contributed by atoms with van der Waals surface area (Å²) in [6.45, 7) is 12.6. The minimum Gasteiger partial charge on any atom is -0.294 e. The first-order valence-corrected chi connectivity index (χ1v) is 14.4. The van der Waals surface area contributed by atoms with E-state index in [9.17, 15) is 4.79 Å². The molecular formula is C36H42N2O. The molecule has 1 aromatic carbocycles. The minimum absolute atomic E-state index is 0.0700. The number of hydrogen-bond acceptors (Lipinski definition) is 3. The van der Waals surface area contributed by atoms with E-state index >= 15 is 0 Å². The van der Waals surface area contributed by atoms with Crippen LogP contribution in [0.4, 0.5) is 0 Å². The first-order chi connectivity index (χ1) is 18.8. The standard InChI is InChI=1S/C36H42N2O/c1-7-11-28-12-9-13-29(17-16-28)34-19-18-32-22-33(39)23-35(38-36(32)27(6)37-34)31-15-10-14-30(21-31)26(5)20-25(4)24(3)8-2/h8,10-11,14-15,18-19,21,23,29H,7,9,12-13,16-17,22H2,1-6H3/b24-8-,28-11-. The van der Waals surface area contributed by atoms with Gasteiger partial charge in [0.05, 0.1) is 17.1 Å². The van der Waals surface area contributed by atoms with E-state index in [0.717, 1.165) is 70.6 Å². The zero-order valence-corrected chi connectivity index (χ0v) is 24.5. The Balaban J connectivity index is 1.67. The zero-order valence-electron chi connectivity index (χ0n) is 24.5. The van der Waals surface area contributed by atoms with Crippen molar-refractivity contribution in [2.24, 2.45) is 15.9 Å². The molecule has 3 nitrogen and oxygen atoms in total. The van der Waals surface area contributed by atoms with E-state index in [1.165, 1.54) is 18.4 Å². The van der Waals surface area contributed by atoms with E-state index in [-0.39, 0.29) is 5.78 Å². The van der Waals surface area contributed by atoms with E-state index in [1.807, 2.05) is 26.0 Å². The number of ketones is 1. The highest BCUT2D eigenvalue weighted by Gasteiger charge is 2.24. The van der Waals surface area contributed by atoms with Crippen molar-refractivity contribution in [2.45, 2.75) is 86.5 Å². The first-order valence-electron chi connectivity index (χ1n) is 14.4. The highest BCUT2D eigenvalue weighted by Crippen LogP contribution is 2.34. The van der Waals surface area contributed by atoms with E-state index in [2.05, 4.69) is 69.9 Å². The fourth-order valence-electron chi connectivity index (χ4n) is 5.57. The monoisotopic (exact) mass is 518 g/mol. The van der Waals surface area contributed by atoms with E-state index in [4.69, 9.17) is 9.98 Å². The Morgan fingerprint density at radius 3 is 2.69 bits per heavy atom. The molecule has 2 heterocycles. The van der Waals surface area contributed by atoms with Gasteiger partial charge in [-0.2, -0.15) is 0 Å². The Bertz CT molecular complexity index is 1430. The van der Waals surface area contributed by atoms with Gasteiger partial charge in [0, 0.05) is 29.7 Å². The molecule has 1 fully saturated rings. The number of allylic oxidation sites excluding steroid dienone is 10. The molecule has 3 aliphatic rings. The lowest BCUT2D eigenvalue weighted by molar-refractivity contribution is -0.113. The van der Waals surface area contributed by atoms with Gasteiger partial charge < -0.3 is 0 Å². The Morgan fingerprint density at radius 2 is 1.92 bits per heavy atom. The molecule has 202 valence electrons. The molecule has 1 atom stereocenters. The summed E-state index contributed by atoms with van der Waals surface area (Å²) in [5.41, 5.74) is 15.0. The van der Waals surface area contributed by atoms with Crippen molar-refractivity contribution in [3.05, 3.63) is 99.5 Å². The molecule has 39 heavy (non-hydrogen) atoms. The van der Waals surface area contributed by atoms with Crippen LogP contribution in [0.15, 0.2) is 98.4 Å². The second-order valence-corrected chi connectivity index (χ2v) is 10.9. The summed E-state index contributed by atoms with van der Waals surface area (Å²) in [7, 11) is 0. The van der Waals surface area contributed by atoms with Crippen LogP contribution in [0.1, 0.15) is 97.6 Å². The predicted octanol–water partition coefficient (Wildman–Crippen LogP) is 9.56. The average molecular weight is 519 g/mol. The molecule has 1 aliphatic carbocycles. The van der Waals surface area contributed by atoms with Crippen LogP contribution in [0, 0.1) is 5.92 Å². The normalized spacial score (nSPS) is 21.2. The van der Waals surface area contributed by atoms with Crippen LogP contribution >= 0.6 is 0 Å². The smallest absolute Gasteiger partial charge is 0.162 e. The van der Waals surface area contributed by atoms with Crippen LogP contribution in [0.5, 0.6) is 0 Å². The van der Waals surface area contributed by atoms with Crippen LogP contribution in [0.3, 0.4) is 0 Å². The van der Waals surface area contributed by atoms with Crippen molar-refractivity contribution in [1.29, 1.82) is 0 Å². The lowest BCUT2D eigenvalue weighted by atomic mass is 9.96. The molecule has 0 aromatic heterocycles. The molecule has 1 aromatic rings. The Kier molecular flexibility index (Phi) is 9.49. The highest BCUT2D eigenvalue weighted by molar-refractivity contribution is 6.49. The third-order valence-electron chi connectivity index (χ3n) is 8.06. The van der Waals surface area contributed by atoms with Crippen molar-refractivity contribution in [3.63, 3.8) is 0 Å². The maximum Gasteiger partial charge on any atom is 0.162 e. The van der Waals surface area contributed by atoms with Gasteiger partial charge in [-0.15, -0.1) is 5.73 Å². The van der Waals surface area contributed by atoms with Crippen molar-refractivity contribution in [3.8, 4) is 0 Å². The molecule has 2 aliphatic heterocycles. The molecule has 4 rings (SSSR count). The number of fused-ring (bicyclic) bond motifs is 1. The van der Waals surface area contributed by atoms with Gasteiger partial charge in [0.1, 0.15) is 0 Å². The summed E-state index contributed by atoms with van der Waals surface area (Å²) in [6, 6.07) is 8.26. The molecule has 1 unspecified atom stereocenters. The molecule has 0 spiro atoms. The van der Waals surface area contributed by atoms with Crippen LogP contribution in [-0.2, 0) is 4.79 Å². The average Bonchev–Trinajstić information content (AvgIpc) is 3.32. The molecule has 0 N–H and O–H groups in total. The van der Waals surface area contributed by atoms with Gasteiger partial charge in [-0.05, 0) is 113 Å². The SMILES string of the molecule is C/C=C(/C)C(C)=C=C(C)c1cccc(C2=CC(=O)CC3=CC=C(C4CCC/C(=C/CC)CC4)N=C(C)C3=N2)c1. The minimum atomic E-state index is 0.0700. The number of benzene rings is 1. The molecule has 0 radical (unpaired) electrons. The second-order valence-electron chi connectivity index (χ2n) is 10.9. The van der Waals surface area contributed by atoms with E-state index in [0.29, 0.717) is 18.0 Å². The first kappa shape index (κ1) is 28.5. The molecule has 1 saturated carbocycles. The van der Waals surface area contributed by atoms with Crippen LogP contribution in [0.25, 0.3) is 11.3 Å². The van der Waals surface area contributed by atoms with Crippen molar-refractivity contribution in [1.82, 2.24) is 0 Å². The van der Waals surface area contributed by atoms with Gasteiger partial charge in [0.15, 0.2) is 5.78 Å². The maximum atomic E-state index is 13.1. The highest BCUT2D eigenvalue weighted by atomic mass is 16.1. The molecule has 0 saturated heterocycles.